The molecule has 10 nitrogen and oxygen atoms in total. The molecule has 0 unspecified atom stereocenters. The Morgan fingerprint density at radius 1 is 0.912 bits per heavy atom. The number of aromatic nitrogens is 1. The number of benzene rings is 1. The number of urea groups is 1. The lowest BCUT2D eigenvalue weighted by Gasteiger charge is -2.36. The van der Waals surface area contributed by atoms with Crippen LogP contribution in [0, 0.1) is 11.8 Å². The first-order valence-corrected chi connectivity index (χ1v) is 10.7. The van der Waals surface area contributed by atoms with Crippen LogP contribution in [0.5, 0.6) is 0 Å². The first-order valence-electron chi connectivity index (χ1n) is 10.7. The molecule has 5 rings (SSSR count). The normalized spacial score (nSPS) is 19.1. The molecule has 4 heterocycles. The quantitative estimate of drug-likeness (QED) is 0.528. The standard InChI is InChI=1S/C22H20F2N6O4/c23-18-16(3-5-25-19(18)24)28-9-7-27(8-10-28)12-13-1-2-14-15(11-13)21(33)30(20(14)32)29-6-4-17(31)26-22(29)34/h1-3,5,11H,4,6-10,12H2,(H,26,31,34). The number of hydrazine groups is 1. The first-order chi connectivity index (χ1) is 16.3. The third-order valence-electron chi connectivity index (χ3n) is 6.15. The van der Waals surface area contributed by atoms with Crippen molar-refractivity contribution in [1.29, 1.82) is 0 Å². The lowest BCUT2D eigenvalue weighted by atomic mass is 10.1. The molecule has 0 aliphatic carbocycles. The van der Waals surface area contributed by atoms with Crippen molar-refractivity contribution in [2.75, 3.05) is 37.6 Å². The molecule has 3 aliphatic rings. The van der Waals surface area contributed by atoms with Gasteiger partial charge in [-0.25, -0.2) is 14.8 Å². The van der Waals surface area contributed by atoms with Crippen molar-refractivity contribution in [3.8, 4) is 0 Å². The molecule has 1 N–H and O–H groups in total. The molecule has 2 aromatic rings. The molecular formula is C22H20F2N6O4. The number of halogens is 2. The fourth-order valence-corrected chi connectivity index (χ4v) is 4.40. The Balaban J connectivity index is 1.26. The van der Waals surface area contributed by atoms with Crippen LogP contribution in [0.4, 0.5) is 19.3 Å². The molecule has 3 aliphatic heterocycles. The van der Waals surface area contributed by atoms with Gasteiger partial charge in [0.15, 0.2) is 0 Å². The molecule has 5 amide bonds. The summed E-state index contributed by atoms with van der Waals surface area (Å²) in [7, 11) is 0. The number of nitrogens with one attached hydrogen (secondary N) is 1. The van der Waals surface area contributed by atoms with Crippen molar-refractivity contribution >= 4 is 29.4 Å². The number of pyridine rings is 1. The Hall–Kier alpha value is -3.93. The van der Waals surface area contributed by atoms with Gasteiger partial charge in [0, 0.05) is 45.3 Å². The van der Waals surface area contributed by atoms with Crippen molar-refractivity contribution in [2.24, 2.45) is 0 Å². The van der Waals surface area contributed by atoms with Crippen molar-refractivity contribution in [3.05, 3.63) is 58.9 Å². The van der Waals surface area contributed by atoms with Crippen molar-refractivity contribution in [2.45, 2.75) is 13.0 Å². The number of nitrogens with zero attached hydrogens (tertiary/aromatic N) is 5. The number of fused-ring (bicyclic) bond motifs is 1. The molecule has 2 fully saturated rings. The molecule has 0 bridgehead atoms. The molecule has 1 aromatic carbocycles. The lowest BCUT2D eigenvalue weighted by molar-refractivity contribution is -0.122. The number of anilines is 1. The summed E-state index contributed by atoms with van der Waals surface area (Å²) < 4.78 is 27.5. The van der Waals surface area contributed by atoms with E-state index in [2.05, 4.69) is 15.2 Å². The van der Waals surface area contributed by atoms with Crippen LogP contribution in [0.3, 0.4) is 0 Å². The van der Waals surface area contributed by atoms with E-state index in [-0.39, 0.29) is 29.8 Å². The minimum atomic E-state index is -1.13. The monoisotopic (exact) mass is 470 g/mol. The van der Waals surface area contributed by atoms with Gasteiger partial charge in [0.05, 0.1) is 23.4 Å². The molecule has 0 saturated carbocycles. The van der Waals surface area contributed by atoms with Gasteiger partial charge in [-0.2, -0.15) is 13.8 Å². The van der Waals surface area contributed by atoms with Crippen LogP contribution in [0.25, 0.3) is 0 Å². The van der Waals surface area contributed by atoms with Crippen LogP contribution in [-0.2, 0) is 11.3 Å². The van der Waals surface area contributed by atoms with E-state index in [0.29, 0.717) is 32.7 Å². The second kappa shape index (κ2) is 8.45. The number of amides is 5. The minimum absolute atomic E-state index is 0.00753. The number of carbonyl (C=O) groups is 4. The summed E-state index contributed by atoms with van der Waals surface area (Å²) in [4.78, 5) is 56.4. The third-order valence-corrected chi connectivity index (χ3v) is 6.15. The van der Waals surface area contributed by atoms with E-state index in [9.17, 15) is 28.0 Å². The van der Waals surface area contributed by atoms with Gasteiger partial charge in [0.25, 0.3) is 17.8 Å². The van der Waals surface area contributed by atoms with Gasteiger partial charge in [0.2, 0.25) is 11.7 Å². The predicted molar refractivity (Wildman–Crippen MR) is 113 cm³/mol. The molecular weight excluding hydrogens is 450 g/mol. The van der Waals surface area contributed by atoms with E-state index in [0.717, 1.165) is 15.6 Å². The summed E-state index contributed by atoms with van der Waals surface area (Å²) in [6, 6.07) is 5.57. The highest BCUT2D eigenvalue weighted by Gasteiger charge is 2.43. The minimum Gasteiger partial charge on any atom is -0.366 e. The van der Waals surface area contributed by atoms with E-state index < -0.39 is 35.5 Å². The number of piperazine rings is 1. The number of rotatable bonds is 4. The molecule has 0 atom stereocenters. The summed E-state index contributed by atoms with van der Waals surface area (Å²) in [6.45, 7) is 2.57. The Morgan fingerprint density at radius 2 is 1.65 bits per heavy atom. The maximum atomic E-state index is 14.0. The van der Waals surface area contributed by atoms with Crippen molar-refractivity contribution in [3.63, 3.8) is 0 Å². The largest absolute Gasteiger partial charge is 0.366 e. The maximum Gasteiger partial charge on any atom is 0.343 e. The fourth-order valence-electron chi connectivity index (χ4n) is 4.40. The first kappa shape index (κ1) is 21.9. The number of hydrogen-bond donors (Lipinski definition) is 1. The summed E-state index contributed by atoms with van der Waals surface area (Å²) in [6.07, 6.45) is 1.23. The molecule has 0 radical (unpaired) electrons. The molecule has 34 heavy (non-hydrogen) atoms. The fraction of sp³-hybridized carbons (Fsp3) is 0.318. The van der Waals surface area contributed by atoms with Crippen LogP contribution < -0.4 is 10.2 Å². The Morgan fingerprint density at radius 3 is 2.38 bits per heavy atom. The molecule has 176 valence electrons. The summed E-state index contributed by atoms with van der Waals surface area (Å²) in [5, 5.41) is 3.83. The summed E-state index contributed by atoms with van der Waals surface area (Å²) >= 11 is 0. The second-order valence-corrected chi connectivity index (χ2v) is 8.23. The highest BCUT2D eigenvalue weighted by Crippen LogP contribution is 2.27. The molecule has 2 saturated heterocycles. The van der Waals surface area contributed by atoms with E-state index in [1.54, 1.807) is 23.1 Å². The van der Waals surface area contributed by atoms with Crippen LogP contribution in [0.2, 0.25) is 0 Å². The van der Waals surface area contributed by atoms with Gasteiger partial charge >= 0.3 is 6.03 Å². The van der Waals surface area contributed by atoms with Gasteiger partial charge in [-0.1, -0.05) is 6.07 Å². The zero-order valence-corrected chi connectivity index (χ0v) is 18.0. The van der Waals surface area contributed by atoms with Gasteiger partial charge in [-0.05, 0) is 23.8 Å². The zero-order valence-electron chi connectivity index (χ0n) is 18.0. The number of carbonyl (C=O) groups excluding carboxylic acids is 4. The van der Waals surface area contributed by atoms with Gasteiger partial charge in [0.1, 0.15) is 0 Å². The average molecular weight is 470 g/mol. The summed E-state index contributed by atoms with van der Waals surface area (Å²) in [5.41, 5.74) is 1.37. The Kier molecular flexibility index (Phi) is 5.44. The van der Waals surface area contributed by atoms with Crippen molar-refractivity contribution < 1.29 is 28.0 Å². The highest BCUT2D eigenvalue weighted by molar-refractivity contribution is 6.22. The second-order valence-electron chi connectivity index (χ2n) is 8.23. The topological polar surface area (TPSA) is 106 Å². The van der Waals surface area contributed by atoms with E-state index in [4.69, 9.17) is 0 Å². The van der Waals surface area contributed by atoms with Gasteiger partial charge in [-0.3, -0.25) is 24.6 Å². The zero-order chi connectivity index (χ0) is 24.0. The van der Waals surface area contributed by atoms with Crippen LogP contribution in [0.15, 0.2) is 30.5 Å². The Labute approximate surface area is 192 Å². The van der Waals surface area contributed by atoms with Crippen LogP contribution in [0.1, 0.15) is 32.7 Å². The molecule has 0 spiro atoms. The van der Waals surface area contributed by atoms with E-state index in [1.165, 1.54) is 12.3 Å². The van der Waals surface area contributed by atoms with Crippen LogP contribution in [-0.4, -0.2) is 76.4 Å². The van der Waals surface area contributed by atoms with Crippen LogP contribution >= 0.6 is 0 Å². The molecule has 1 aromatic heterocycles. The number of hydrogen-bond acceptors (Lipinski definition) is 7. The third kappa shape index (κ3) is 3.75. The smallest absolute Gasteiger partial charge is 0.343 e. The lowest BCUT2D eigenvalue weighted by Crippen LogP contribution is -2.58. The van der Waals surface area contributed by atoms with Crippen molar-refractivity contribution in [1.82, 2.24) is 25.2 Å². The van der Waals surface area contributed by atoms with E-state index in [1.807, 2.05) is 0 Å². The predicted octanol–water partition coefficient (Wildman–Crippen LogP) is 1.13. The summed E-state index contributed by atoms with van der Waals surface area (Å²) in [5.74, 6) is -3.78. The molecule has 12 heteroatoms. The average Bonchev–Trinajstić information content (AvgIpc) is 3.06. The highest BCUT2D eigenvalue weighted by atomic mass is 19.2. The number of imide groups is 2. The van der Waals surface area contributed by atoms with E-state index >= 15 is 0 Å². The maximum absolute atomic E-state index is 14.0. The SMILES string of the molecule is O=C1CCN(N2C(=O)c3ccc(CN4CCN(c5ccnc(F)c5F)CC4)cc3C2=O)C(=O)N1. The van der Waals surface area contributed by atoms with Gasteiger partial charge < -0.3 is 4.90 Å². The Bertz CT molecular complexity index is 1210. The van der Waals surface area contributed by atoms with Gasteiger partial charge in [-0.15, -0.1) is 0 Å².